The molecule has 0 spiro atoms. The fourth-order valence-electron chi connectivity index (χ4n) is 3.60. The van der Waals surface area contributed by atoms with Gasteiger partial charge in [0, 0.05) is 36.7 Å². The molecule has 1 fully saturated rings. The predicted octanol–water partition coefficient (Wildman–Crippen LogP) is 3.25. The number of Topliss-reactive ketones (excluding diaryl/α,β-unsaturated/α-hetero) is 1. The average Bonchev–Trinajstić information content (AvgIpc) is 2.72. The number of amides is 1. The normalized spacial score (nSPS) is 15.1. The van der Waals surface area contributed by atoms with Gasteiger partial charge in [-0.3, -0.25) is 14.3 Å². The highest BCUT2D eigenvalue weighted by atomic mass is 32.2. The maximum absolute atomic E-state index is 13.0. The van der Waals surface area contributed by atoms with Crippen molar-refractivity contribution < 1.29 is 22.4 Å². The maximum atomic E-state index is 13.0. The number of nitrogens with zero attached hydrogens (tertiary/aromatic N) is 1. The third kappa shape index (κ3) is 6.13. The highest BCUT2D eigenvalue weighted by Gasteiger charge is 2.27. The van der Waals surface area contributed by atoms with E-state index in [-0.39, 0.29) is 23.4 Å². The molecule has 1 heterocycles. The Morgan fingerprint density at radius 3 is 2.20 bits per heavy atom. The lowest BCUT2D eigenvalue weighted by Crippen LogP contribution is -2.40. The molecule has 2 aromatic rings. The van der Waals surface area contributed by atoms with E-state index in [9.17, 15) is 22.4 Å². The van der Waals surface area contributed by atoms with Crippen LogP contribution < -0.4 is 4.72 Å². The van der Waals surface area contributed by atoms with Crippen molar-refractivity contribution in [2.24, 2.45) is 5.92 Å². The minimum Gasteiger partial charge on any atom is -0.343 e. The molecule has 1 N–H and O–H groups in total. The van der Waals surface area contributed by atoms with Crippen molar-refractivity contribution in [3.05, 3.63) is 65.5 Å². The van der Waals surface area contributed by atoms with Crippen molar-refractivity contribution in [3.8, 4) is 0 Å². The number of ketones is 1. The van der Waals surface area contributed by atoms with Crippen LogP contribution in [0.25, 0.3) is 0 Å². The molecule has 1 aliphatic heterocycles. The molecule has 0 atom stereocenters. The van der Waals surface area contributed by atoms with Crippen molar-refractivity contribution in [2.75, 3.05) is 24.1 Å². The van der Waals surface area contributed by atoms with E-state index in [2.05, 4.69) is 4.72 Å². The minimum atomic E-state index is -3.31. The van der Waals surface area contributed by atoms with Gasteiger partial charge in [-0.1, -0.05) is 12.1 Å². The summed E-state index contributed by atoms with van der Waals surface area (Å²) in [5.74, 6) is -0.464. The van der Waals surface area contributed by atoms with Gasteiger partial charge < -0.3 is 4.90 Å². The van der Waals surface area contributed by atoms with Crippen LogP contribution in [0, 0.1) is 11.7 Å². The van der Waals surface area contributed by atoms with Gasteiger partial charge in [0.15, 0.2) is 5.78 Å². The quantitative estimate of drug-likeness (QED) is 0.681. The number of piperidine rings is 1. The summed E-state index contributed by atoms with van der Waals surface area (Å²) >= 11 is 0. The van der Waals surface area contributed by atoms with Crippen LogP contribution in [-0.2, 0) is 21.2 Å². The summed E-state index contributed by atoms with van der Waals surface area (Å²) in [4.78, 5) is 26.8. The van der Waals surface area contributed by atoms with Crippen LogP contribution in [0.5, 0.6) is 0 Å². The summed E-state index contributed by atoms with van der Waals surface area (Å²) in [7, 11) is -3.31. The Labute approximate surface area is 176 Å². The molecule has 0 radical (unpaired) electrons. The Bertz CT molecular complexity index is 996. The van der Waals surface area contributed by atoms with E-state index >= 15 is 0 Å². The molecule has 30 heavy (non-hydrogen) atoms. The number of carbonyl (C=O) groups is 2. The Balaban J connectivity index is 1.46. The molecule has 1 saturated heterocycles. The molecular weight excluding hydrogens is 407 g/mol. The van der Waals surface area contributed by atoms with Gasteiger partial charge in [-0.05, 0) is 61.2 Å². The summed E-state index contributed by atoms with van der Waals surface area (Å²) in [6.07, 6.45) is 3.22. The Morgan fingerprint density at radius 2 is 1.63 bits per heavy atom. The number of anilines is 1. The fraction of sp³-hybridized carbons (Fsp3) is 0.364. The van der Waals surface area contributed by atoms with Crippen LogP contribution in [0.3, 0.4) is 0 Å². The number of hydrogen-bond donors (Lipinski definition) is 1. The van der Waals surface area contributed by atoms with Crippen molar-refractivity contribution in [1.82, 2.24) is 4.90 Å². The van der Waals surface area contributed by atoms with Crippen molar-refractivity contribution in [1.29, 1.82) is 0 Å². The Hall–Kier alpha value is -2.74. The molecule has 3 rings (SSSR count). The van der Waals surface area contributed by atoms with Gasteiger partial charge in [-0.15, -0.1) is 0 Å². The van der Waals surface area contributed by atoms with Crippen LogP contribution in [0.15, 0.2) is 48.5 Å². The van der Waals surface area contributed by atoms with Crippen molar-refractivity contribution >= 4 is 27.4 Å². The lowest BCUT2D eigenvalue weighted by atomic mass is 9.88. The van der Waals surface area contributed by atoms with Crippen LogP contribution in [-0.4, -0.2) is 44.4 Å². The number of aryl methyl sites for hydroxylation is 1. The number of nitrogens with one attached hydrogen (secondary N) is 1. The molecule has 1 amide bonds. The first kappa shape index (κ1) is 22.0. The fourth-order valence-corrected chi connectivity index (χ4v) is 4.17. The Kier molecular flexibility index (Phi) is 6.87. The van der Waals surface area contributed by atoms with E-state index in [1.54, 1.807) is 29.2 Å². The van der Waals surface area contributed by atoms with Crippen LogP contribution in [0.4, 0.5) is 10.1 Å². The number of benzene rings is 2. The highest BCUT2D eigenvalue weighted by Crippen LogP contribution is 2.23. The van der Waals surface area contributed by atoms with Gasteiger partial charge in [0.05, 0.1) is 6.26 Å². The third-order valence-electron chi connectivity index (χ3n) is 5.23. The van der Waals surface area contributed by atoms with Gasteiger partial charge in [-0.25, -0.2) is 12.8 Å². The second-order valence-electron chi connectivity index (χ2n) is 7.60. The molecule has 6 nitrogen and oxygen atoms in total. The van der Waals surface area contributed by atoms with Crippen LogP contribution in [0.2, 0.25) is 0 Å². The molecule has 0 unspecified atom stereocenters. The SMILES string of the molecule is CS(=O)(=O)Nc1ccc(CCC(=O)N2CCC(C(=O)c3ccc(F)cc3)CC2)cc1. The zero-order chi connectivity index (χ0) is 21.7. The summed E-state index contributed by atoms with van der Waals surface area (Å²) in [5.41, 5.74) is 1.94. The third-order valence-corrected chi connectivity index (χ3v) is 5.84. The van der Waals surface area contributed by atoms with E-state index in [0.29, 0.717) is 50.0 Å². The van der Waals surface area contributed by atoms with Crippen molar-refractivity contribution in [2.45, 2.75) is 25.7 Å². The topological polar surface area (TPSA) is 83.6 Å². The second kappa shape index (κ2) is 9.38. The van der Waals surface area contributed by atoms with Crippen LogP contribution in [0.1, 0.15) is 35.2 Å². The predicted molar refractivity (Wildman–Crippen MR) is 113 cm³/mol. The smallest absolute Gasteiger partial charge is 0.229 e. The maximum Gasteiger partial charge on any atom is 0.229 e. The van der Waals surface area contributed by atoms with E-state index in [4.69, 9.17) is 0 Å². The van der Waals surface area contributed by atoms with Gasteiger partial charge in [0.2, 0.25) is 15.9 Å². The first-order chi connectivity index (χ1) is 14.2. The van der Waals surface area contributed by atoms with Gasteiger partial charge in [0.1, 0.15) is 5.82 Å². The molecule has 0 aliphatic carbocycles. The number of rotatable bonds is 7. The summed E-state index contributed by atoms with van der Waals surface area (Å²) in [6, 6.07) is 12.5. The Morgan fingerprint density at radius 1 is 1.03 bits per heavy atom. The first-order valence-corrected chi connectivity index (χ1v) is 11.7. The summed E-state index contributed by atoms with van der Waals surface area (Å²) in [5, 5.41) is 0. The first-order valence-electron chi connectivity index (χ1n) is 9.85. The lowest BCUT2D eigenvalue weighted by Gasteiger charge is -2.31. The number of sulfonamides is 1. The molecule has 0 saturated carbocycles. The van der Waals surface area contributed by atoms with Gasteiger partial charge >= 0.3 is 0 Å². The molecule has 8 heteroatoms. The number of halogens is 1. The monoisotopic (exact) mass is 432 g/mol. The standard InChI is InChI=1S/C22H25FN2O4S/c1-30(28,29)24-20-9-2-16(3-10-20)4-11-21(26)25-14-12-18(13-15-25)22(27)17-5-7-19(23)8-6-17/h2-3,5-10,18,24H,4,11-15H2,1H3. The molecule has 1 aliphatic rings. The summed E-state index contributed by atoms with van der Waals surface area (Å²) < 4.78 is 37.9. The van der Waals surface area contributed by atoms with Gasteiger partial charge in [0.25, 0.3) is 0 Å². The van der Waals surface area contributed by atoms with Gasteiger partial charge in [-0.2, -0.15) is 0 Å². The lowest BCUT2D eigenvalue weighted by molar-refractivity contribution is -0.132. The van der Waals surface area contributed by atoms with E-state index in [1.807, 2.05) is 0 Å². The largest absolute Gasteiger partial charge is 0.343 e. The summed E-state index contributed by atoms with van der Waals surface area (Å²) in [6.45, 7) is 1.07. The minimum absolute atomic E-state index is 0.00453. The molecule has 160 valence electrons. The number of hydrogen-bond acceptors (Lipinski definition) is 4. The highest BCUT2D eigenvalue weighted by molar-refractivity contribution is 7.92. The van der Waals surface area contributed by atoms with E-state index in [1.165, 1.54) is 24.3 Å². The number of likely N-dealkylation sites (tertiary alicyclic amines) is 1. The molecule has 0 aromatic heterocycles. The van der Waals surface area contributed by atoms with E-state index < -0.39 is 10.0 Å². The van der Waals surface area contributed by atoms with E-state index in [0.717, 1.165) is 11.8 Å². The second-order valence-corrected chi connectivity index (χ2v) is 9.35. The molecular formula is C22H25FN2O4S. The zero-order valence-electron chi connectivity index (χ0n) is 16.8. The van der Waals surface area contributed by atoms with Crippen LogP contribution >= 0.6 is 0 Å². The molecule has 0 bridgehead atoms. The zero-order valence-corrected chi connectivity index (χ0v) is 17.6. The average molecular weight is 433 g/mol. The number of carbonyl (C=O) groups excluding carboxylic acids is 2. The molecule has 2 aromatic carbocycles. The van der Waals surface area contributed by atoms with Crippen molar-refractivity contribution in [3.63, 3.8) is 0 Å².